The van der Waals surface area contributed by atoms with E-state index in [2.05, 4.69) is 55.4 Å². The molecule has 1 aromatic carbocycles. The van der Waals surface area contributed by atoms with Crippen LogP contribution in [0, 0.1) is 0 Å². The fraction of sp³-hybridized carbons (Fsp3) is 0.650. The molecule has 7 heteroatoms. The van der Waals surface area contributed by atoms with E-state index in [0.29, 0.717) is 12.2 Å². The quantitative estimate of drug-likeness (QED) is 0.338. The number of halogens is 2. The number of likely N-dealkylation sites (tertiary alicyclic amines) is 1. The van der Waals surface area contributed by atoms with Crippen molar-refractivity contribution in [3.63, 3.8) is 0 Å². The predicted octanol–water partition coefficient (Wildman–Crippen LogP) is 4.19. The van der Waals surface area contributed by atoms with Crippen LogP contribution in [-0.4, -0.2) is 56.4 Å². The molecule has 1 atom stereocenters. The van der Waals surface area contributed by atoms with Crippen LogP contribution in [0.25, 0.3) is 0 Å². The summed E-state index contributed by atoms with van der Waals surface area (Å²) in [6.45, 7) is 4.40. The first-order chi connectivity index (χ1) is 12.7. The van der Waals surface area contributed by atoms with Gasteiger partial charge in [-0.05, 0) is 49.8 Å². The van der Waals surface area contributed by atoms with E-state index >= 15 is 0 Å². The van der Waals surface area contributed by atoms with Crippen LogP contribution in [0.5, 0.6) is 0 Å². The van der Waals surface area contributed by atoms with Crippen LogP contribution in [0.2, 0.25) is 0 Å². The van der Waals surface area contributed by atoms with Crippen molar-refractivity contribution < 1.29 is 9.47 Å². The number of benzene rings is 1. The highest BCUT2D eigenvalue weighted by molar-refractivity contribution is 14.0. The molecule has 0 aliphatic carbocycles. The number of ether oxygens (including phenoxy) is 2. The summed E-state index contributed by atoms with van der Waals surface area (Å²) in [5.74, 6) is 0.974. The second-order valence-electron chi connectivity index (χ2n) is 7.04. The maximum atomic E-state index is 6.11. The topological polar surface area (TPSA) is 46.1 Å². The largest absolute Gasteiger partial charge is 0.376 e. The zero-order valence-corrected chi connectivity index (χ0v) is 19.9. The number of nitrogens with zero attached hydrogens (tertiary/aromatic N) is 2. The van der Waals surface area contributed by atoms with Crippen LogP contribution < -0.4 is 5.32 Å². The van der Waals surface area contributed by atoms with E-state index in [1.165, 1.54) is 18.4 Å². The van der Waals surface area contributed by atoms with Crippen LogP contribution >= 0.6 is 39.9 Å². The Morgan fingerprint density at radius 3 is 2.59 bits per heavy atom. The first kappa shape index (κ1) is 22.9. The smallest absolute Gasteiger partial charge is 0.193 e. The molecule has 0 saturated carbocycles. The summed E-state index contributed by atoms with van der Waals surface area (Å²) in [7, 11) is 1.85. The van der Waals surface area contributed by atoms with Crippen LogP contribution in [0.3, 0.4) is 0 Å². The van der Waals surface area contributed by atoms with E-state index in [1.54, 1.807) is 0 Å². The molecule has 2 heterocycles. The molecule has 27 heavy (non-hydrogen) atoms. The molecule has 5 nitrogen and oxygen atoms in total. The summed E-state index contributed by atoms with van der Waals surface area (Å²) >= 11 is 3.47. The van der Waals surface area contributed by atoms with Crippen molar-refractivity contribution in [2.24, 2.45) is 4.99 Å². The summed E-state index contributed by atoms with van der Waals surface area (Å²) in [4.78, 5) is 6.78. The number of guanidine groups is 1. The highest BCUT2D eigenvalue weighted by Gasteiger charge is 2.23. The third kappa shape index (κ3) is 7.51. The second kappa shape index (κ2) is 12.2. The van der Waals surface area contributed by atoms with Gasteiger partial charge < -0.3 is 19.7 Å². The average molecular weight is 552 g/mol. The highest BCUT2D eigenvalue weighted by atomic mass is 127. The Labute approximate surface area is 188 Å². The normalized spacial score (nSPS) is 21.6. The molecule has 2 saturated heterocycles. The lowest BCUT2D eigenvalue weighted by molar-refractivity contribution is -0.0721. The van der Waals surface area contributed by atoms with Gasteiger partial charge in [0.2, 0.25) is 0 Å². The van der Waals surface area contributed by atoms with Crippen molar-refractivity contribution >= 4 is 45.9 Å². The van der Waals surface area contributed by atoms with E-state index in [1.807, 2.05) is 7.05 Å². The number of piperidine rings is 1. The summed E-state index contributed by atoms with van der Waals surface area (Å²) in [6.07, 6.45) is 6.36. The Kier molecular flexibility index (Phi) is 10.4. The van der Waals surface area contributed by atoms with Gasteiger partial charge in [-0.15, -0.1) is 24.0 Å². The number of rotatable bonds is 5. The van der Waals surface area contributed by atoms with E-state index in [-0.39, 0.29) is 24.0 Å². The number of hydrogen-bond donors (Lipinski definition) is 1. The van der Waals surface area contributed by atoms with E-state index in [9.17, 15) is 0 Å². The summed E-state index contributed by atoms with van der Waals surface area (Å²) in [6, 6.07) is 8.38. The molecule has 3 rings (SSSR count). The maximum Gasteiger partial charge on any atom is 0.193 e. The molecule has 2 aliphatic rings. The van der Waals surface area contributed by atoms with Gasteiger partial charge in [-0.2, -0.15) is 0 Å². The maximum absolute atomic E-state index is 6.11. The molecule has 1 N–H and O–H groups in total. The van der Waals surface area contributed by atoms with Gasteiger partial charge in [0.05, 0.1) is 18.8 Å². The van der Waals surface area contributed by atoms with Gasteiger partial charge in [0.25, 0.3) is 0 Å². The monoisotopic (exact) mass is 551 g/mol. The molecule has 2 aliphatic heterocycles. The van der Waals surface area contributed by atoms with Gasteiger partial charge in [-0.25, -0.2) is 0 Å². The Morgan fingerprint density at radius 2 is 1.96 bits per heavy atom. The standard InChI is InChI=1S/C20H30BrN3O2.HI/c1-22-20(23-14-16-5-7-17(21)8-6-16)24-11-9-18(10-12-24)26-15-19-4-2-3-13-25-19;/h5-8,18-19H,2-4,9-15H2,1H3,(H,22,23);1H. The highest BCUT2D eigenvalue weighted by Crippen LogP contribution is 2.18. The molecule has 1 aromatic rings. The summed E-state index contributed by atoms with van der Waals surface area (Å²) < 4.78 is 13.0. The molecule has 1 unspecified atom stereocenters. The lowest BCUT2D eigenvalue weighted by atomic mass is 10.1. The third-order valence-corrected chi connectivity index (χ3v) is 5.64. The lowest BCUT2D eigenvalue weighted by Crippen LogP contribution is -2.47. The van der Waals surface area contributed by atoms with Gasteiger partial charge in [-0.3, -0.25) is 4.99 Å². The SMILES string of the molecule is CN=C(NCc1ccc(Br)cc1)N1CCC(OCC2CCCCO2)CC1.I. The first-order valence-corrected chi connectivity index (χ1v) is 10.5. The molecule has 2 fully saturated rings. The molecular weight excluding hydrogens is 521 g/mol. The number of hydrogen-bond acceptors (Lipinski definition) is 3. The van der Waals surface area contributed by atoms with Crippen LogP contribution in [0.15, 0.2) is 33.7 Å². The number of nitrogens with one attached hydrogen (secondary N) is 1. The van der Waals surface area contributed by atoms with Crippen LogP contribution in [0.1, 0.15) is 37.7 Å². The lowest BCUT2D eigenvalue weighted by Gasteiger charge is -2.35. The molecule has 0 spiro atoms. The molecular formula is C20H31BrIN3O2. The average Bonchev–Trinajstić information content (AvgIpc) is 2.70. The van der Waals surface area contributed by atoms with Crippen molar-refractivity contribution in [1.82, 2.24) is 10.2 Å². The van der Waals surface area contributed by atoms with Crippen LogP contribution in [-0.2, 0) is 16.0 Å². The van der Waals surface area contributed by atoms with E-state index in [0.717, 1.165) is 62.5 Å². The zero-order chi connectivity index (χ0) is 18.2. The van der Waals surface area contributed by atoms with Crippen molar-refractivity contribution in [1.29, 1.82) is 0 Å². The Bertz CT molecular complexity index is 571. The molecule has 0 bridgehead atoms. The van der Waals surface area contributed by atoms with Gasteiger partial charge in [-0.1, -0.05) is 28.1 Å². The Balaban J connectivity index is 0.00000261. The Hall–Kier alpha value is -0.380. The van der Waals surface area contributed by atoms with Gasteiger partial charge in [0.1, 0.15) is 0 Å². The fourth-order valence-corrected chi connectivity index (χ4v) is 3.80. The van der Waals surface area contributed by atoms with Crippen molar-refractivity contribution in [2.75, 3.05) is 33.4 Å². The summed E-state index contributed by atoms with van der Waals surface area (Å²) in [5, 5.41) is 3.47. The zero-order valence-electron chi connectivity index (χ0n) is 16.0. The minimum absolute atomic E-state index is 0. The van der Waals surface area contributed by atoms with Crippen molar-refractivity contribution in [3.05, 3.63) is 34.3 Å². The fourth-order valence-electron chi connectivity index (χ4n) is 3.53. The molecule has 0 amide bonds. The molecule has 152 valence electrons. The minimum atomic E-state index is 0. The summed E-state index contributed by atoms with van der Waals surface area (Å²) in [5.41, 5.74) is 1.25. The van der Waals surface area contributed by atoms with Crippen LogP contribution in [0.4, 0.5) is 0 Å². The second-order valence-corrected chi connectivity index (χ2v) is 7.95. The first-order valence-electron chi connectivity index (χ1n) is 9.68. The van der Waals surface area contributed by atoms with E-state index < -0.39 is 0 Å². The molecule has 0 aromatic heterocycles. The predicted molar refractivity (Wildman–Crippen MR) is 124 cm³/mol. The van der Waals surface area contributed by atoms with E-state index in [4.69, 9.17) is 9.47 Å². The van der Waals surface area contributed by atoms with Gasteiger partial charge in [0, 0.05) is 37.8 Å². The minimum Gasteiger partial charge on any atom is -0.376 e. The Morgan fingerprint density at radius 1 is 1.22 bits per heavy atom. The number of aliphatic imine (C=N–C) groups is 1. The third-order valence-electron chi connectivity index (χ3n) is 5.11. The van der Waals surface area contributed by atoms with Gasteiger partial charge >= 0.3 is 0 Å². The van der Waals surface area contributed by atoms with Gasteiger partial charge in [0.15, 0.2) is 5.96 Å². The van der Waals surface area contributed by atoms with Crippen molar-refractivity contribution in [3.8, 4) is 0 Å². The van der Waals surface area contributed by atoms with Crippen molar-refractivity contribution in [2.45, 2.75) is 50.9 Å². The molecule has 0 radical (unpaired) electrons.